The number of rotatable bonds is 3. The van der Waals surface area contributed by atoms with Crippen LogP contribution >= 0.6 is 11.3 Å². The normalized spacial score (nSPS) is 12.1. The molecule has 0 fully saturated rings. The van der Waals surface area contributed by atoms with E-state index in [1.807, 2.05) is 0 Å². The molecule has 0 spiro atoms. The van der Waals surface area contributed by atoms with Crippen molar-refractivity contribution >= 4 is 27.3 Å². The largest absolute Gasteiger partial charge is 0.504 e. The molecule has 0 atom stereocenters. The van der Waals surface area contributed by atoms with Crippen LogP contribution in [0.1, 0.15) is 5.56 Å². The van der Waals surface area contributed by atoms with Crippen LogP contribution in [-0.4, -0.2) is 18.6 Å². The van der Waals surface area contributed by atoms with Crippen molar-refractivity contribution in [3.8, 4) is 17.6 Å². The zero-order chi connectivity index (χ0) is 14.8. The lowest BCUT2D eigenvalue weighted by Gasteiger charge is -2.02. The van der Waals surface area contributed by atoms with E-state index in [0.29, 0.717) is 5.56 Å². The highest BCUT2D eigenvalue weighted by Crippen LogP contribution is 2.28. The van der Waals surface area contributed by atoms with Gasteiger partial charge in [-0.1, -0.05) is 6.07 Å². The molecule has 0 saturated carbocycles. The van der Waals surface area contributed by atoms with Gasteiger partial charge in [0.15, 0.2) is 11.5 Å². The third kappa shape index (κ3) is 2.66. The zero-order valence-electron chi connectivity index (χ0n) is 10.0. The second-order valence-corrected chi connectivity index (χ2v) is 6.53. The van der Waals surface area contributed by atoms with E-state index in [0.717, 1.165) is 6.08 Å². The van der Waals surface area contributed by atoms with Crippen molar-refractivity contribution < 1.29 is 18.6 Å². The highest BCUT2D eigenvalue weighted by molar-refractivity contribution is 7.95. The summed E-state index contributed by atoms with van der Waals surface area (Å²) in [6.45, 7) is 0. The van der Waals surface area contributed by atoms with Crippen LogP contribution in [-0.2, 0) is 9.84 Å². The molecule has 0 bridgehead atoms. The first-order valence-corrected chi connectivity index (χ1v) is 7.79. The van der Waals surface area contributed by atoms with Crippen molar-refractivity contribution in [1.82, 2.24) is 0 Å². The van der Waals surface area contributed by atoms with Gasteiger partial charge >= 0.3 is 0 Å². The van der Waals surface area contributed by atoms with Gasteiger partial charge in [-0.15, -0.1) is 0 Å². The zero-order valence-corrected chi connectivity index (χ0v) is 11.6. The number of thiophene rings is 1. The van der Waals surface area contributed by atoms with Gasteiger partial charge in [0.25, 0.3) is 0 Å². The fraction of sp³-hybridized carbons (Fsp3) is 0. The van der Waals surface area contributed by atoms with Crippen molar-refractivity contribution in [2.75, 3.05) is 0 Å². The number of hydrogen-bond donors (Lipinski definition) is 2. The number of sulfone groups is 1. The lowest BCUT2D eigenvalue weighted by molar-refractivity contribution is 0.403. The molecule has 5 nitrogen and oxygen atoms in total. The Morgan fingerprint density at radius 1 is 1.25 bits per heavy atom. The average Bonchev–Trinajstić information content (AvgIpc) is 2.94. The molecule has 1 heterocycles. The van der Waals surface area contributed by atoms with E-state index >= 15 is 0 Å². The molecule has 20 heavy (non-hydrogen) atoms. The predicted octanol–water partition coefficient (Wildman–Crippen LogP) is 2.50. The maximum absolute atomic E-state index is 12.2. The summed E-state index contributed by atoms with van der Waals surface area (Å²) in [6.07, 6.45) is 1.14. The summed E-state index contributed by atoms with van der Waals surface area (Å²) in [6, 6.07) is 6.85. The first kappa shape index (κ1) is 14.1. The van der Waals surface area contributed by atoms with Crippen LogP contribution in [0.2, 0.25) is 0 Å². The van der Waals surface area contributed by atoms with Gasteiger partial charge in [0.2, 0.25) is 9.84 Å². The van der Waals surface area contributed by atoms with Crippen LogP contribution in [0.25, 0.3) is 6.08 Å². The maximum Gasteiger partial charge on any atom is 0.217 e. The van der Waals surface area contributed by atoms with Gasteiger partial charge in [-0.05, 0) is 35.2 Å². The molecule has 2 N–H and O–H groups in total. The molecule has 2 aromatic rings. The molecular weight excluding hydrogens is 298 g/mol. The summed E-state index contributed by atoms with van der Waals surface area (Å²) in [5.74, 6) is -0.703. The fourth-order valence-corrected chi connectivity index (χ4v) is 3.67. The topological polar surface area (TPSA) is 98.4 Å². The Morgan fingerprint density at radius 2 is 2.00 bits per heavy atom. The summed E-state index contributed by atoms with van der Waals surface area (Å²) in [5, 5.41) is 30.6. The van der Waals surface area contributed by atoms with Crippen molar-refractivity contribution in [3.05, 3.63) is 45.5 Å². The summed E-state index contributed by atoms with van der Waals surface area (Å²) in [5.41, 5.74) is 0.302. The van der Waals surface area contributed by atoms with E-state index in [1.54, 1.807) is 11.4 Å². The predicted molar refractivity (Wildman–Crippen MR) is 74.9 cm³/mol. The first-order chi connectivity index (χ1) is 9.45. The van der Waals surface area contributed by atoms with E-state index in [4.69, 9.17) is 5.26 Å². The summed E-state index contributed by atoms with van der Waals surface area (Å²) >= 11 is 1.22. The number of phenolic OH excluding ortho intramolecular Hbond substituents is 2. The van der Waals surface area contributed by atoms with Crippen LogP contribution in [0.15, 0.2) is 44.8 Å². The van der Waals surface area contributed by atoms with E-state index < -0.39 is 14.7 Å². The molecule has 1 aromatic carbocycles. The minimum absolute atomic E-state index is 0.0540. The molecule has 0 saturated heterocycles. The number of hydrogen-bond acceptors (Lipinski definition) is 6. The maximum atomic E-state index is 12.2. The van der Waals surface area contributed by atoms with Gasteiger partial charge in [0, 0.05) is 5.38 Å². The van der Waals surface area contributed by atoms with E-state index in [1.165, 1.54) is 41.0 Å². The Bertz CT molecular complexity index is 799. The lowest BCUT2D eigenvalue weighted by Crippen LogP contribution is -2.01. The van der Waals surface area contributed by atoms with Gasteiger partial charge in [-0.25, -0.2) is 8.42 Å². The number of aromatic hydroxyl groups is 2. The Hall–Kier alpha value is -2.30. The first-order valence-electron chi connectivity index (χ1n) is 5.36. The molecule has 7 heteroatoms. The van der Waals surface area contributed by atoms with Crippen molar-refractivity contribution in [2.24, 2.45) is 0 Å². The standard InChI is InChI=1S/C13H9NO4S2/c14-7-11(20(17,18)10-3-4-19-8-10)5-9-1-2-12(15)13(16)6-9/h1-6,8,15-16H/b11-5+. The lowest BCUT2D eigenvalue weighted by atomic mass is 10.2. The van der Waals surface area contributed by atoms with Crippen molar-refractivity contribution in [1.29, 1.82) is 5.26 Å². The summed E-state index contributed by atoms with van der Waals surface area (Å²) in [7, 11) is -3.86. The molecule has 0 aliphatic carbocycles. The van der Waals surface area contributed by atoms with Crippen molar-refractivity contribution in [2.45, 2.75) is 4.90 Å². The smallest absolute Gasteiger partial charge is 0.217 e. The van der Waals surface area contributed by atoms with Gasteiger partial charge < -0.3 is 10.2 Å². The molecule has 0 aliphatic rings. The van der Waals surface area contributed by atoms with E-state index in [9.17, 15) is 18.6 Å². The van der Waals surface area contributed by atoms with Gasteiger partial charge in [0.05, 0.1) is 4.90 Å². The Kier molecular flexibility index (Phi) is 3.79. The number of benzene rings is 1. The average molecular weight is 307 g/mol. The molecule has 0 unspecified atom stereocenters. The highest BCUT2D eigenvalue weighted by atomic mass is 32.2. The highest BCUT2D eigenvalue weighted by Gasteiger charge is 2.21. The summed E-state index contributed by atoms with van der Waals surface area (Å²) < 4.78 is 24.4. The van der Waals surface area contributed by atoms with E-state index in [2.05, 4.69) is 0 Å². The third-order valence-electron chi connectivity index (χ3n) is 2.50. The summed E-state index contributed by atoms with van der Waals surface area (Å²) in [4.78, 5) is -0.376. The number of allylic oxidation sites excluding steroid dienone is 1. The molecule has 0 radical (unpaired) electrons. The van der Waals surface area contributed by atoms with Gasteiger partial charge in [-0.2, -0.15) is 16.6 Å². The van der Waals surface area contributed by atoms with Gasteiger partial charge in [0.1, 0.15) is 11.0 Å². The van der Waals surface area contributed by atoms with Crippen molar-refractivity contribution in [3.63, 3.8) is 0 Å². The minimum atomic E-state index is -3.86. The van der Waals surface area contributed by atoms with Gasteiger partial charge in [-0.3, -0.25) is 0 Å². The number of nitrogens with zero attached hydrogens (tertiary/aromatic N) is 1. The monoisotopic (exact) mass is 307 g/mol. The number of phenols is 2. The molecule has 0 amide bonds. The van der Waals surface area contributed by atoms with E-state index in [-0.39, 0.29) is 16.4 Å². The molecular formula is C13H9NO4S2. The Labute approximate surface area is 119 Å². The molecule has 2 rings (SSSR count). The third-order valence-corrected chi connectivity index (χ3v) is 5.00. The molecule has 0 aliphatic heterocycles. The quantitative estimate of drug-likeness (QED) is 0.670. The van der Waals surface area contributed by atoms with Crippen LogP contribution < -0.4 is 0 Å². The second-order valence-electron chi connectivity index (χ2n) is 3.83. The van der Waals surface area contributed by atoms with Crippen LogP contribution in [0.3, 0.4) is 0 Å². The number of nitriles is 1. The SMILES string of the molecule is N#C/C(=C\c1ccc(O)c(O)c1)S(=O)(=O)c1ccsc1. The Morgan fingerprint density at radius 3 is 2.55 bits per heavy atom. The minimum Gasteiger partial charge on any atom is -0.504 e. The van der Waals surface area contributed by atoms with Crippen LogP contribution in [0.4, 0.5) is 0 Å². The molecule has 102 valence electrons. The van der Waals surface area contributed by atoms with Crippen LogP contribution in [0.5, 0.6) is 11.5 Å². The second kappa shape index (κ2) is 5.36. The fourth-order valence-electron chi connectivity index (χ4n) is 1.48. The Balaban J connectivity index is 2.50. The van der Waals surface area contributed by atoms with Crippen LogP contribution in [0, 0.1) is 11.3 Å². The molecule has 1 aromatic heterocycles.